The Hall–Kier alpha value is -1.41. The predicted molar refractivity (Wildman–Crippen MR) is 80.2 cm³/mol. The molecule has 1 aromatic rings. The van der Waals surface area contributed by atoms with Crippen molar-refractivity contribution < 1.29 is 19.4 Å². The third-order valence-corrected chi connectivity index (χ3v) is 4.56. The number of benzene rings is 1. The average molecular weight is 385 g/mol. The number of para-hydroxylation sites is 1. The van der Waals surface area contributed by atoms with E-state index in [1.807, 2.05) is 18.2 Å². The molecule has 1 amide bonds. The SMILES string of the molecule is O=C(O)[C@@H]1[C@H](C(=O)Nc2ccccc2I)[C@H]2C=C[C@H]1O2. The number of nitrogens with one attached hydrogen (secondary N) is 1. The van der Waals surface area contributed by atoms with E-state index >= 15 is 0 Å². The van der Waals surface area contributed by atoms with Crippen molar-refractivity contribution in [3.05, 3.63) is 40.0 Å². The Morgan fingerprint density at radius 2 is 1.80 bits per heavy atom. The minimum absolute atomic E-state index is 0.307. The van der Waals surface area contributed by atoms with E-state index in [9.17, 15) is 14.7 Å². The maximum absolute atomic E-state index is 12.4. The summed E-state index contributed by atoms with van der Waals surface area (Å²) in [6.07, 6.45) is 2.55. The lowest BCUT2D eigenvalue weighted by Crippen LogP contribution is -2.39. The zero-order chi connectivity index (χ0) is 14.3. The van der Waals surface area contributed by atoms with Gasteiger partial charge in [-0.1, -0.05) is 24.3 Å². The molecule has 0 radical (unpaired) electrons. The second kappa shape index (κ2) is 5.17. The predicted octanol–water partition coefficient (Wildman–Crippen LogP) is 1.88. The van der Waals surface area contributed by atoms with Gasteiger partial charge in [0.2, 0.25) is 5.91 Å². The Balaban J connectivity index is 1.82. The molecule has 4 atom stereocenters. The van der Waals surface area contributed by atoms with Crippen molar-refractivity contribution in [2.45, 2.75) is 12.2 Å². The number of hydrogen-bond acceptors (Lipinski definition) is 3. The topological polar surface area (TPSA) is 75.6 Å². The lowest BCUT2D eigenvalue weighted by Gasteiger charge is -2.21. The van der Waals surface area contributed by atoms with Crippen molar-refractivity contribution >= 4 is 40.2 Å². The number of anilines is 1. The van der Waals surface area contributed by atoms with Crippen LogP contribution in [0.2, 0.25) is 0 Å². The highest BCUT2D eigenvalue weighted by Gasteiger charge is 2.53. The van der Waals surface area contributed by atoms with Crippen LogP contribution in [0.15, 0.2) is 36.4 Å². The highest BCUT2D eigenvalue weighted by molar-refractivity contribution is 14.1. The van der Waals surface area contributed by atoms with E-state index in [4.69, 9.17) is 4.74 Å². The van der Waals surface area contributed by atoms with E-state index in [1.54, 1.807) is 18.2 Å². The third-order valence-electron chi connectivity index (χ3n) is 3.62. The van der Waals surface area contributed by atoms with Crippen LogP contribution in [-0.4, -0.2) is 29.2 Å². The second-order valence-corrected chi connectivity index (χ2v) is 5.97. The minimum Gasteiger partial charge on any atom is -0.481 e. The van der Waals surface area contributed by atoms with Crippen LogP contribution in [-0.2, 0) is 14.3 Å². The van der Waals surface area contributed by atoms with Crippen LogP contribution in [0.5, 0.6) is 0 Å². The molecule has 0 unspecified atom stereocenters. The van der Waals surface area contributed by atoms with Gasteiger partial charge in [-0.2, -0.15) is 0 Å². The first-order chi connectivity index (χ1) is 9.58. The first-order valence-electron chi connectivity index (χ1n) is 6.20. The molecule has 2 N–H and O–H groups in total. The Morgan fingerprint density at radius 1 is 1.15 bits per heavy atom. The van der Waals surface area contributed by atoms with E-state index in [1.165, 1.54) is 0 Å². The number of amides is 1. The lowest BCUT2D eigenvalue weighted by atomic mass is 9.82. The standard InChI is InChI=1S/C14H12INO4/c15-7-3-1-2-4-8(7)16-13(17)11-9-5-6-10(20-9)12(11)14(18)19/h1-6,9-12H,(H,16,17)(H,18,19)/t9-,10-,11-,12+/m1/s1. The Bertz CT molecular complexity index is 601. The molecule has 1 saturated heterocycles. The molecule has 104 valence electrons. The van der Waals surface area contributed by atoms with Gasteiger partial charge in [-0.15, -0.1) is 0 Å². The Labute approximate surface area is 129 Å². The summed E-state index contributed by atoms with van der Waals surface area (Å²) in [4.78, 5) is 23.7. The van der Waals surface area contributed by atoms with Gasteiger partial charge in [0.15, 0.2) is 0 Å². The van der Waals surface area contributed by atoms with Gasteiger partial charge in [0, 0.05) is 3.57 Å². The summed E-state index contributed by atoms with van der Waals surface area (Å²) in [5, 5.41) is 12.1. The summed E-state index contributed by atoms with van der Waals surface area (Å²) in [7, 11) is 0. The smallest absolute Gasteiger partial charge is 0.310 e. The van der Waals surface area contributed by atoms with Crippen LogP contribution in [0.4, 0.5) is 5.69 Å². The molecule has 6 heteroatoms. The molecule has 2 bridgehead atoms. The van der Waals surface area contributed by atoms with Crippen LogP contribution >= 0.6 is 22.6 Å². The number of fused-ring (bicyclic) bond motifs is 2. The fraction of sp³-hybridized carbons (Fsp3) is 0.286. The van der Waals surface area contributed by atoms with Gasteiger partial charge in [0.1, 0.15) is 5.92 Å². The zero-order valence-corrected chi connectivity index (χ0v) is 12.5. The van der Waals surface area contributed by atoms with Crippen LogP contribution in [0.25, 0.3) is 0 Å². The van der Waals surface area contributed by atoms with Crippen LogP contribution in [0, 0.1) is 15.4 Å². The van der Waals surface area contributed by atoms with E-state index in [2.05, 4.69) is 27.9 Å². The molecule has 2 heterocycles. The van der Waals surface area contributed by atoms with Gasteiger partial charge < -0.3 is 15.2 Å². The largest absolute Gasteiger partial charge is 0.481 e. The number of carboxylic acid groups (broad SMARTS) is 1. The van der Waals surface area contributed by atoms with Gasteiger partial charge in [0.05, 0.1) is 23.8 Å². The van der Waals surface area contributed by atoms with Crippen molar-refractivity contribution in [1.29, 1.82) is 0 Å². The monoisotopic (exact) mass is 385 g/mol. The van der Waals surface area contributed by atoms with Gasteiger partial charge >= 0.3 is 5.97 Å². The number of carbonyl (C=O) groups excluding carboxylic acids is 1. The summed E-state index contributed by atoms with van der Waals surface area (Å²) in [5.74, 6) is -2.80. The van der Waals surface area contributed by atoms with Crippen molar-refractivity contribution in [1.82, 2.24) is 0 Å². The fourth-order valence-corrected chi connectivity index (χ4v) is 3.22. The summed E-state index contributed by atoms with van der Waals surface area (Å²) in [5.41, 5.74) is 0.689. The Kier molecular flexibility index (Phi) is 3.51. The number of carbonyl (C=O) groups is 2. The maximum Gasteiger partial charge on any atom is 0.310 e. The van der Waals surface area contributed by atoms with E-state index < -0.39 is 30.0 Å². The maximum atomic E-state index is 12.4. The molecule has 3 rings (SSSR count). The van der Waals surface area contributed by atoms with E-state index in [0.29, 0.717) is 5.69 Å². The number of carboxylic acids is 1. The summed E-state index contributed by atoms with van der Waals surface area (Å²) < 4.78 is 6.40. The van der Waals surface area contributed by atoms with Crippen LogP contribution < -0.4 is 5.32 Å². The molecule has 5 nitrogen and oxygen atoms in total. The van der Waals surface area contributed by atoms with Gasteiger partial charge in [-0.05, 0) is 34.7 Å². The van der Waals surface area contributed by atoms with E-state index in [0.717, 1.165) is 3.57 Å². The highest BCUT2D eigenvalue weighted by Crippen LogP contribution is 2.40. The molecular weight excluding hydrogens is 373 g/mol. The van der Waals surface area contributed by atoms with Crippen molar-refractivity contribution in [2.75, 3.05) is 5.32 Å². The first-order valence-corrected chi connectivity index (χ1v) is 7.28. The number of ether oxygens (including phenoxy) is 1. The number of hydrogen-bond donors (Lipinski definition) is 2. The number of aliphatic carboxylic acids is 1. The fourth-order valence-electron chi connectivity index (χ4n) is 2.69. The number of halogens is 1. The molecule has 20 heavy (non-hydrogen) atoms. The van der Waals surface area contributed by atoms with Crippen LogP contribution in [0.1, 0.15) is 0 Å². The number of rotatable bonds is 3. The highest BCUT2D eigenvalue weighted by atomic mass is 127. The van der Waals surface area contributed by atoms with Crippen molar-refractivity contribution in [3.63, 3.8) is 0 Å². The van der Waals surface area contributed by atoms with E-state index in [-0.39, 0.29) is 5.91 Å². The molecule has 0 saturated carbocycles. The molecule has 0 aliphatic carbocycles. The molecule has 2 aliphatic heterocycles. The van der Waals surface area contributed by atoms with Gasteiger partial charge in [-0.3, -0.25) is 9.59 Å². The third kappa shape index (κ3) is 2.22. The molecule has 2 aliphatic rings. The molecular formula is C14H12INO4. The van der Waals surface area contributed by atoms with Gasteiger partial charge in [-0.25, -0.2) is 0 Å². The molecule has 0 aromatic heterocycles. The first kappa shape index (κ1) is 13.6. The van der Waals surface area contributed by atoms with Gasteiger partial charge in [0.25, 0.3) is 0 Å². The lowest BCUT2D eigenvalue weighted by molar-refractivity contribution is -0.145. The zero-order valence-electron chi connectivity index (χ0n) is 10.3. The van der Waals surface area contributed by atoms with Crippen molar-refractivity contribution in [2.24, 2.45) is 11.8 Å². The van der Waals surface area contributed by atoms with Crippen LogP contribution in [0.3, 0.4) is 0 Å². The molecule has 0 spiro atoms. The summed E-state index contributed by atoms with van der Waals surface area (Å²) in [6, 6.07) is 7.37. The molecule has 1 fully saturated rings. The average Bonchev–Trinajstić information content (AvgIpc) is 3.01. The Morgan fingerprint density at radius 3 is 2.45 bits per heavy atom. The second-order valence-electron chi connectivity index (χ2n) is 4.81. The summed E-state index contributed by atoms with van der Waals surface area (Å²) >= 11 is 2.12. The van der Waals surface area contributed by atoms with Crippen molar-refractivity contribution in [3.8, 4) is 0 Å². The minimum atomic E-state index is -0.996. The normalized spacial score (nSPS) is 30.4. The molecule has 1 aromatic carbocycles. The summed E-state index contributed by atoms with van der Waals surface area (Å²) in [6.45, 7) is 0. The quantitative estimate of drug-likeness (QED) is 0.616.